The van der Waals surface area contributed by atoms with Gasteiger partial charge in [-0.05, 0) is 42.9 Å². The number of alkyl halides is 2. The first-order valence-corrected chi connectivity index (χ1v) is 10.7. The van der Waals surface area contributed by atoms with Gasteiger partial charge in [0, 0.05) is 22.9 Å². The first kappa shape index (κ1) is 22.5. The van der Waals surface area contributed by atoms with Gasteiger partial charge in [-0.25, -0.2) is 4.98 Å². The number of rotatable bonds is 9. The SMILES string of the molecule is COc1cc(CN(C)Cc2csc(-c3cc(Br)ccc3OC)n2)ccc1OC(F)F. The van der Waals surface area contributed by atoms with E-state index in [2.05, 4.69) is 25.6 Å². The average Bonchev–Trinajstić information content (AvgIpc) is 3.16. The van der Waals surface area contributed by atoms with Crippen LogP contribution in [0.2, 0.25) is 0 Å². The summed E-state index contributed by atoms with van der Waals surface area (Å²) in [5, 5.41) is 2.90. The van der Waals surface area contributed by atoms with Crippen molar-refractivity contribution in [3.05, 3.63) is 57.5 Å². The van der Waals surface area contributed by atoms with Gasteiger partial charge >= 0.3 is 6.61 Å². The van der Waals surface area contributed by atoms with E-state index in [0.29, 0.717) is 13.1 Å². The molecular weight excluding hydrogens is 478 g/mol. The third-order valence-electron chi connectivity index (χ3n) is 4.27. The quantitative estimate of drug-likeness (QED) is 0.371. The van der Waals surface area contributed by atoms with Crippen molar-refractivity contribution in [2.24, 2.45) is 0 Å². The molecule has 0 unspecified atom stereocenters. The molecule has 0 aliphatic rings. The Morgan fingerprint density at radius 2 is 1.77 bits per heavy atom. The number of benzene rings is 2. The van der Waals surface area contributed by atoms with E-state index >= 15 is 0 Å². The van der Waals surface area contributed by atoms with E-state index in [1.807, 2.05) is 30.6 Å². The fourth-order valence-electron chi connectivity index (χ4n) is 3.00. The summed E-state index contributed by atoms with van der Waals surface area (Å²) in [5.74, 6) is 1.07. The summed E-state index contributed by atoms with van der Waals surface area (Å²) in [7, 11) is 5.03. The van der Waals surface area contributed by atoms with Crippen LogP contribution < -0.4 is 14.2 Å². The van der Waals surface area contributed by atoms with Gasteiger partial charge in [0.15, 0.2) is 11.5 Å². The third kappa shape index (κ3) is 5.68. The first-order valence-electron chi connectivity index (χ1n) is 8.98. The molecule has 9 heteroatoms. The molecule has 160 valence electrons. The summed E-state index contributed by atoms with van der Waals surface area (Å²) in [6.07, 6.45) is 0. The molecule has 0 spiro atoms. The van der Waals surface area contributed by atoms with Crippen LogP contribution in [0, 0.1) is 0 Å². The van der Waals surface area contributed by atoms with Crippen LogP contribution in [0.4, 0.5) is 8.78 Å². The zero-order valence-corrected chi connectivity index (χ0v) is 19.1. The summed E-state index contributed by atoms with van der Waals surface area (Å²) in [4.78, 5) is 6.82. The fraction of sp³-hybridized carbons (Fsp3) is 0.286. The van der Waals surface area contributed by atoms with Crippen molar-refractivity contribution in [2.45, 2.75) is 19.7 Å². The molecule has 3 aromatic rings. The zero-order valence-electron chi connectivity index (χ0n) is 16.7. The molecule has 0 radical (unpaired) electrons. The van der Waals surface area contributed by atoms with E-state index in [4.69, 9.17) is 14.5 Å². The Labute approximate surface area is 186 Å². The lowest BCUT2D eigenvalue weighted by atomic mass is 10.2. The predicted molar refractivity (Wildman–Crippen MR) is 117 cm³/mol. The maximum Gasteiger partial charge on any atom is 0.387 e. The van der Waals surface area contributed by atoms with Gasteiger partial charge in [0.2, 0.25) is 0 Å². The monoisotopic (exact) mass is 498 g/mol. The molecule has 30 heavy (non-hydrogen) atoms. The molecule has 0 fully saturated rings. The number of nitrogens with zero attached hydrogens (tertiary/aromatic N) is 2. The third-order valence-corrected chi connectivity index (χ3v) is 5.69. The van der Waals surface area contributed by atoms with E-state index in [9.17, 15) is 8.78 Å². The number of thiazole rings is 1. The molecule has 0 amide bonds. The zero-order chi connectivity index (χ0) is 21.7. The van der Waals surface area contributed by atoms with Gasteiger partial charge in [0.1, 0.15) is 10.8 Å². The lowest BCUT2D eigenvalue weighted by molar-refractivity contribution is -0.0512. The van der Waals surface area contributed by atoms with E-state index < -0.39 is 6.61 Å². The standard InChI is InChI=1S/C21H21BrF2N2O3S/c1-26(10-13-4-6-18(29-21(23)24)19(8-13)28-3)11-15-12-30-20(25-15)16-9-14(22)5-7-17(16)27-2/h4-9,12,21H,10-11H2,1-3H3. The minimum Gasteiger partial charge on any atom is -0.496 e. The van der Waals surface area contributed by atoms with E-state index in [-0.39, 0.29) is 11.5 Å². The largest absolute Gasteiger partial charge is 0.496 e. The lowest BCUT2D eigenvalue weighted by Crippen LogP contribution is -2.17. The van der Waals surface area contributed by atoms with Crippen LogP contribution >= 0.6 is 27.3 Å². The smallest absolute Gasteiger partial charge is 0.387 e. The molecule has 0 aliphatic heterocycles. The summed E-state index contributed by atoms with van der Waals surface area (Å²) >= 11 is 5.05. The van der Waals surface area contributed by atoms with Gasteiger partial charge in [-0.3, -0.25) is 4.90 Å². The second-order valence-corrected chi connectivity index (χ2v) is 8.30. The number of ether oxygens (including phenoxy) is 3. The maximum absolute atomic E-state index is 12.5. The highest BCUT2D eigenvalue weighted by Gasteiger charge is 2.14. The van der Waals surface area contributed by atoms with Crippen molar-refractivity contribution in [2.75, 3.05) is 21.3 Å². The Bertz CT molecular complexity index is 1000. The molecule has 0 atom stereocenters. The molecule has 0 bridgehead atoms. The second-order valence-electron chi connectivity index (χ2n) is 6.52. The van der Waals surface area contributed by atoms with Crippen LogP contribution in [0.15, 0.2) is 46.3 Å². The van der Waals surface area contributed by atoms with Crippen LogP contribution in [0.25, 0.3) is 10.6 Å². The van der Waals surface area contributed by atoms with Gasteiger partial charge < -0.3 is 14.2 Å². The Hall–Kier alpha value is -2.23. The number of hydrogen-bond acceptors (Lipinski definition) is 6. The minimum absolute atomic E-state index is 0.0195. The normalized spacial score (nSPS) is 11.2. The molecule has 3 rings (SSSR count). The van der Waals surface area contributed by atoms with Crippen molar-refractivity contribution >= 4 is 27.3 Å². The molecule has 5 nitrogen and oxygen atoms in total. The molecule has 1 aromatic heterocycles. The van der Waals surface area contributed by atoms with Crippen molar-refractivity contribution in [1.29, 1.82) is 0 Å². The predicted octanol–water partition coefficient (Wildman–Crippen LogP) is 5.82. The fourth-order valence-corrected chi connectivity index (χ4v) is 4.19. The Morgan fingerprint density at radius 1 is 1.03 bits per heavy atom. The van der Waals surface area contributed by atoms with Crippen LogP contribution in [0.1, 0.15) is 11.3 Å². The summed E-state index contributed by atoms with van der Waals surface area (Å²) in [5.41, 5.74) is 2.79. The maximum atomic E-state index is 12.5. The Morgan fingerprint density at radius 3 is 2.47 bits per heavy atom. The number of halogens is 3. The Kier molecular flexibility index (Phi) is 7.63. The van der Waals surface area contributed by atoms with E-state index in [0.717, 1.165) is 32.1 Å². The molecule has 2 aromatic carbocycles. The van der Waals surface area contributed by atoms with Crippen molar-refractivity contribution in [3.63, 3.8) is 0 Å². The molecule has 0 saturated carbocycles. The molecule has 0 saturated heterocycles. The molecule has 0 N–H and O–H groups in total. The highest BCUT2D eigenvalue weighted by Crippen LogP contribution is 2.35. The number of aromatic nitrogens is 1. The van der Waals surface area contributed by atoms with Gasteiger partial charge in [-0.15, -0.1) is 11.3 Å². The summed E-state index contributed by atoms with van der Waals surface area (Å²) < 4.78 is 41.0. The molecule has 1 heterocycles. The van der Waals surface area contributed by atoms with E-state index in [1.165, 1.54) is 13.2 Å². The van der Waals surface area contributed by atoms with Crippen LogP contribution in [0.3, 0.4) is 0 Å². The second kappa shape index (κ2) is 10.2. The van der Waals surface area contributed by atoms with Crippen LogP contribution in [-0.2, 0) is 13.1 Å². The van der Waals surface area contributed by atoms with Crippen molar-refractivity contribution in [3.8, 4) is 27.8 Å². The average molecular weight is 499 g/mol. The topological polar surface area (TPSA) is 43.8 Å². The van der Waals surface area contributed by atoms with Gasteiger partial charge in [-0.1, -0.05) is 22.0 Å². The number of hydrogen-bond donors (Lipinski definition) is 0. The van der Waals surface area contributed by atoms with Gasteiger partial charge in [0.05, 0.1) is 25.5 Å². The van der Waals surface area contributed by atoms with Crippen molar-refractivity contribution in [1.82, 2.24) is 9.88 Å². The van der Waals surface area contributed by atoms with Crippen molar-refractivity contribution < 1.29 is 23.0 Å². The van der Waals surface area contributed by atoms with Gasteiger partial charge in [-0.2, -0.15) is 8.78 Å². The van der Waals surface area contributed by atoms with Crippen LogP contribution in [0.5, 0.6) is 17.2 Å². The number of methoxy groups -OCH3 is 2. The summed E-state index contributed by atoms with van der Waals surface area (Å²) in [6.45, 7) is -1.67. The Balaban J connectivity index is 1.69. The summed E-state index contributed by atoms with van der Waals surface area (Å²) in [6, 6.07) is 10.8. The minimum atomic E-state index is -2.89. The lowest BCUT2D eigenvalue weighted by Gasteiger charge is -2.17. The molecule has 0 aliphatic carbocycles. The van der Waals surface area contributed by atoms with E-state index in [1.54, 1.807) is 30.6 Å². The van der Waals surface area contributed by atoms with Gasteiger partial charge in [0.25, 0.3) is 0 Å². The highest BCUT2D eigenvalue weighted by molar-refractivity contribution is 9.10. The highest BCUT2D eigenvalue weighted by atomic mass is 79.9. The van der Waals surface area contributed by atoms with Crippen LogP contribution in [-0.4, -0.2) is 37.8 Å². The molecular formula is C21H21BrF2N2O3S. The first-order chi connectivity index (χ1) is 14.4.